The van der Waals surface area contributed by atoms with Gasteiger partial charge in [-0.2, -0.15) is 5.10 Å². The van der Waals surface area contributed by atoms with Crippen molar-refractivity contribution in [1.29, 1.82) is 0 Å². The maximum absolute atomic E-state index is 13.9. The number of nitrogens with one attached hydrogen (secondary N) is 1. The Balaban J connectivity index is 1.52. The summed E-state index contributed by atoms with van der Waals surface area (Å²) < 4.78 is 4.24. The third-order valence-electron chi connectivity index (χ3n) is 7.73. The summed E-state index contributed by atoms with van der Waals surface area (Å²) in [6, 6.07) is 23.2. The lowest BCUT2D eigenvalue weighted by Crippen LogP contribution is -2.45. The first-order valence-electron chi connectivity index (χ1n) is 13.1. The molecule has 1 N–H and O–H groups in total. The molecule has 1 atom stereocenters. The standard InChI is InChI=1S/C30H33N5O/c1-3-22-15-17-23(18-16-22)28-27-14-9-19-33(27)29-26(20-34(28)30(36)31-24-10-7-8-11-24)21(2)32-35(29)25-12-5-4-6-13-25/h4-6,9,12-19,24,28H,3,7-8,10-11,20H2,1-2H3,(H,31,36). The molecule has 2 aliphatic rings. The van der Waals surface area contributed by atoms with Crippen LogP contribution in [0.3, 0.4) is 0 Å². The highest BCUT2D eigenvalue weighted by Crippen LogP contribution is 2.38. The fraction of sp³-hybridized carbons (Fsp3) is 0.333. The number of hydrogen-bond donors (Lipinski definition) is 1. The van der Waals surface area contributed by atoms with Crippen LogP contribution in [0.25, 0.3) is 11.5 Å². The van der Waals surface area contributed by atoms with E-state index in [1.165, 1.54) is 18.4 Å². The van der Waals surface area contributed by atoms with Gasteiger partial charge in [0.15, 0.2) is 0 Å². The molecule has 0 spiro atoms. The maximum atomic E-state index is 13.9. The molecule has 184 valence electrons. The Bertz CT molecular complexity index is 1360. The van der Waals surface area contributed by atoms with Crippen molar-refractivity contribution < 1.29 is 4.79 Å². The molecule has 1 aliphatic carbocycles. The number of nitrogens with zero attached hydrogens (tertiary/aromatic N) is 4. The number of fused-ring (bicyclic) bond motifs is 3. The van der Waals surface area contributed by atoms with E-state index >= 15 is 0 Å². The lowest BCUT2D eigenvalue weighted by atomic mass is 9.99. The van der Waals surface area contributed by atoms with Crippen LogP contribution in [0, 0.1) is 6.92 Å². The van der Waals surface area contributed by atoms with E-state index in [0.717, 1.165) is 53.3 Å². The first-order valence-corrected chi connectivity index (χ1v) is 13.1. The van der Waals surface area contributed by atoms with Gasteiger partial charge in [-0.25, -0.2) is 9.48 Å². The molecule has 3 heterocycles. The van der Waals surface area contributed by atoms with Crippen LogP contribution < -0.4 is 5.32 Å². The van der Waals surface area contributed by atoms with E-state index in [1.54, 1.807) is 0 Å². The van der Waals surface area contributed by atoms with Crippen molar-refractivity contribution in [2.24, 2.45) is 0 Å². The second kappa shape index (κ2) is 9.34. The molecule has 1 unspecified atom stereocenters. The van der Waals surface area contributed by atoms with E-state index in [4.69, 9.17) is 5.10 Å². The van der Waals surface area contributed by atoms with Crippen molar-refractivity contribution in [2.45, 2.75) is 64.6 Å². The lowest BCUT2D eigenvalue weighted by Gasteiger charge is -2.32. The van der Waals surface area contributed by atoms with E-state index in [9.17, 15) is 4.79 Å². The van der Waals surface area contributed by atoms with Gasteiger partial charge >= 0.3 is 6.03 Å². The minimum Gasteiger partial charge on any atom is -0.335 e. The van der Waals surface area contributed by atoms with Crippen LogP contribution in [0.1, 0.15) is 66.7 Å². The van der Waals surface area contributed by atoms with E-state index < -0.39 is 0 Å². The van der Waals surface area contributed by atoms with Gasteiger partial charge in [-0.15, -0.1) is 0 Å². The minimum atomic E-state index is -0.205. The van der Waals surface area contributed by atoms with Gasteiger partial charge in [0.25, 0.3) is 0 Å². The number of carbonyl (C=O) groups is 1. The largest absolute Gasteiger partial charge is 0.335 e. The zero-order valence-electron chi connectivity index (χ0n) is 21.0. The molecule has 2 aromatic heterocycles. The number of hydrogen-bond acceptors (Lipinski definition) is 2. The Morgan fingerprint density at radius 2 is 1.75 bits per heavy atom. The lowest BCUT2D eigenvalue weighted by molar-refractivity contribution is 0.176. The zero-order valence-corrected chi connectivity index (χ0v) is 21.0. The Labute approximate surface area is 212 Å². The monoisotopic (exact) mass is 479 g/mol. The van der Waals surface area contributed by atoms with Crippen LogP contribution in [0.4, 0.5) is 4.79 Å². The fourth-order valence-corrected chi connectivity index (χ4v) is 5.76. The van der Waals surface area contributed by atoms with Crippen molar-refractivity contribution >= 4 is 6.03 Å². The van der Waals surface area contributed by atoms with Gasteiger partial charge in [0.05, 0.1) is 29.7 Å². The molecule has 2 aromatic carbocycles. The highest BCUT2D eigenvalue weighted by atomic mass is 16.2. The predicted octanol–water partition coefficient (Wildman–Crippen LogP) is 6.09. The molecule has 6 nitrogen and oxygen atoms in total. The number of benzene rings is 2. The van der Waals surface area contributed by atoms with Crippen LogP contribution in [0.2, 0.25) is 0 Å². The molecule has 36 heavy (non-hydrogen) atoms. The Hall–Kier alpha value is -3.80. The summed E-state index contributed by atoms with van der Waals surface area (Å²) in [7, 11) is 0. The van der Waals surface area contributed by atoms with E-state index in [2.05, 4.69) is 71.5 Å². The molecule has 2 amide bonds. The number of para-hydroxylation sites is 1. The Morgan fingerprint density at radius 1 is 1.00 bits per heavy atom. The van der Waals surface area contributed by atoms with Crippen LogP contribution in [0.5, 0.6) is 0 Å². The van der Waals surface area contributed by atoms with Crippen molar-refractivity contribution in [3.8, 4) is 11.5 Å². The highest BCUT2D eigenvalue weighted by Gasteiger charge is 2.36. The molecular formula is C30H33N5O. The van der Waals surface area contributed by atoms with E-state index in [-0.39, 0.29) is 18.1 Å². The summed E-state index contributed by atoms with van der Waals surface area (Å²) in [5.41, 5.74) is 6.50. The molecule has 0 saturated heterocycles. The quantitative estimate of drug-likeness (QED) is 0.385. The van der Waals surface area contributed by atoms with E-state index in [0.29, 0.717) is 6.54 Å². The van der Waals surface area contributed by atoms with Crippen LogP contribution >= 0.6 is 0 Å². The highest BCUT2D eigenvalue weighted by molar-refractivity contribution is 5.76. The number of aryl methyl sites for hydroxylation is 2. The van der Waals surface area contributed by atoms with Crippen LogP contribution in [0.15, 0.2) is 72.9 Å². The van der Waals surface area contributed by atoms with Crippen molar-refractivity contribution in [3.05, 3.63) is 101 Å². The van der Waals surface area contributed by atoms with E-state index in [1.807, 2.05) is 34.7 Å². The van der Waals surface area contributed by atoms with Gasteiger partial charge in [0.2, 0.25) is 0 Å². The van der Waals surface area contributed by atoms with Crippen molar-refractivity contribution in [3.63, 3.8) is 0 Å². The van der Waals surface area contributed by atoms with Crippen LogP contribution in [-0.4, -0.2) is 31.3 Å². The predicted molar refractivity (Wildman–Crippen MR) is 142 cm³/mol. The molecule has 1 fully saturated rings. The second-order valence-corrected chi connectivity index (χ2v) is 9.99. The molecule has 0 bridgehead atoms. The van der Waals surface area contributed by atoms with Gasteiger partial charge in [0.1, 0.15) is 5.82 Å². The smallest absolute Gasteiger partial charge is 0.318 e. The summed E-state index contributed by atoms with van der Waals surface area (Å²) in [5, 5.41) is 8.30. The number of carbonyl (C=O) groups excluding carboxylic acids is 1. The molecule has 1 saturated carbocycles. The number of aromatic nitrogens is 3. The summed E-state index contributed by atoms with van der Waals surface area (Å²) >= 11 is 0. The average molecular weight is 480 g/mol. The molecule has 0 radical (unpaired) electrons. The molecule has 6 rings (SSSR count). The molecule has 4 aromatic rings. The topological polar surface area (TPSA) is 55.1 Å². The Morgan fingerprint density at radius 3 is 2.47 bits per heavy atom. The number of urea groups is 1. The minimum absolute atomic E-state index is 0.000992. The van der Waals surface area contributed by atoms with Gasteiger partial charge in [-0.1, -0.05) is 62.2 Å². The van der Waals surface area contributed by atoms with Gasteiger partial charge in [-0.05, 0) is 61.6 Å². The summed E-state index contributed by atoms with van der Waals surface area (Å²) in [6.45, 7) is 4.71. The third-order valence-corrected chi connectivity index (χ3v) is 7.73. The maximum Gasteiger partial charge on any atom is 0.318 e. The Kier molecular flexibility index (Phi) is 5.88. The number of amides is 2. The molecular weight excluding hydrogens is 446 g/mol. The fourth-order valence-electron chi connectivity index (χ4n) is 5.76. The van der Waals surface area contributed by atoms with Crippen molar-refractivity contribution in [1.82, 2.24) is 24.6 Å². The zero-order chi connectivity index (χ0) is 24.6. The third kappa shape index (κ3) is 3.91. The molecule has 6 heteroatoms. The van der Waals surface area contributed by atoms with Crippen molar-refractivity contribution in [2.75, 3.05) is 0 Å². The van der Waals surface area contributed by atoms with Gasteiger partial charge in [-0.3, -0.25) is 0 Å². The van der Waals surface area contributed by atoms with Gasteiger partial charge in [0, 0.05) is 17.8 Å². The summed E-state index contributed by atoms with van der Waals surface area (Å²) in [5.74, 6) is 1.00. The summed E-state index contributed by atoms with van der Waals surface area (Å²) in [4.78, 5) is 15.9. The normalized spacial score (nSPS) is 17.5. The average Bonchev–Trinajstić information content (AvgIpc) is 3.64. The SMILES string of the molecule is CCc1ccc(C2c3cccn3-c3c(c(C)nn3-c3ccccc3)CN2C(=O)NC2CCCC2)cc1. The first-order chi connectivity index (χ1) is 17.6. The first kappa shape index (κ1) is 22.7. The second-order valence-electron chi connectivity index (χ2n) is 9.99. The number of rotatable bonds is 4. The molecule has 1 aliphatic heterocycles. The summed E-state index contributed by atoms with van der Waals surface area (Å²) in [6.07, 6.45) is 7.57. The van der Waals surface area contributed by atoms with Crippen LogP contribution in [-0.2, 0) is 13.0 Å². The van der Waals surface area contributed by atoms with Gasteiger partial charge < -0.3 is 14.8 Å².